The van der Waals surface area contributed by atoms with Crippen molar-refractivity contribution in [1.82, 2.24) is 9.80 Å². The minimum atomic E-state index is -0.0236. The summed E-state index contributed by atoms with van der Waals surface area (Å²) >= 11 is 1.64. The molecule has 1 aromatic heterocycles. The molecule has 1 saturated carbocycles. The van der Waals surface area contributed by atoms with Crippen LogP contribution in [0.1, 0.15) is 62.3 Å². The second-order valence-corrected chi connectivity index (χ2v) is 10.9. The predicted octanol–water partition coefficient (Wildman–Crippen LogP) is 5.56. The molecule has 1 heterocycles. The molecule has 1 aromatic carbocycles. The van der Waals surface area contributed by atoms with Crippen molar-refractivity contribution in [3.8, 4) is 11.5 Å². The molecule has 38 heavy (non-hydrogen) atoms. The van der Waals surface area contributed by atoms with E-state index in [4.69, 9.17) is 14.2 Å². The molecule has 0 bridgehead atoms. The number of hydrogen-bond donors (Lipinski definition) is 0. The Morgan fingerprint density at radius 2 is 1.79 bits per heavy atom. The number of rotatable bonds is 17. The van der Waals surface area contributed by atoms with E-state index in [9.17, 15) is 9.59 Å². The third kappa shape index (κ3) is 9.62. The highest BCUT2D eigenvalue weighted by molar-refractivity contribution is 7.09. The third-order valence-electron chi connectivity index (χ3n) is 7.24. The fraction of sp³-hybridized carbons (Fsp3) is 0.600. The van der Waals surface area contributed by atoms with Gasteiger partial charge in [0, 0.05) is 37.6 Å². The lowest BCUT2D eigenvalue weighted by Crippen LogP contribution is -2.44. The zero-order valence-electron chi connectivity index (χ0n) is 23.3. The van der Waals surface area contributed by atoms with Gasteiger partial charge in [0.1, 0.15) is 0 Å². The smallest absolute Gasteiger partial charge is 0.242 e. The molecule has 2 aromatic rings. The number of amides is 2. The summed E-state index contributed by atoms with van der Waals surface area (Å²) in [4.78, 5) is 31.6. The minimum absolute atomic E-state index is 0.0236. The number of carbonyl (C=O) groups is 2. The Morgan fingerprint density at radius 3 is 2.47 bits per heavy atom. The molecule has 0 atom stereocenters. The fourth-order valence-corrected chi connectivity index (χ4v) is 5.74. The van der Waals surface area contributed by atoms with Crippen LogP contribution in [0, 0.1) is 5.92 Å². The average Bonchev–Trinajstić information content (AvgIpc) is 3.65. The highest BCUT2D eigenvalue weighted by Crippen LogP contribution is 2.29. The number of nitrogens with zero attached hydrogens (tertiary/aromatic N) is 2. The van der Waals surface area contributed by atoms with Gasteiger partial charge in [-0.3, -0.25) is 9.59 Å². The summed E-state index contributed by atoms with van der Waals surface area (Å²) in [6, 6.07) is 9.90. The largest absolute Gasteiger partial charge is 0.493 e. The van der Waals surface area contributed by atoms with Crippen molar-refractivity contribution >= 4 is 23.2 Å². The summed E-state index contributed by atoms with van der Waals surface area (Å²) < 4.78 is 16.3. The summed E-state index contributed by atoms with van der Waals surface area (Å²) in [6.07, 6.45) is 7.84. The van der Waals surface area contributed by atoms with E-state index in [1.54, 1.807) is 30.5 Å². The molecule has 1 fully saturated rings. The summed E-state index contributed by atoms with van der Waals surface area (Å²) in [5.41, 5.74) is 1.06. The van der Waals surface area contributed by atoms with Gasteiger partial charge in [-0.2, -0.15) is 0 Å². The Balaban J connectivity index is 1.67. The van der Waals surface area contributed by atoms with E-state index in [0.717, 1.165) is 23.3 Å². The first-order valence-electron chi connectivity index (χ1n) is 13.9. The maximum atomic E-state index is 13.6. The zero-order valence-corrected chi connectivity index (χ0v) is 24.1. The van der Waals surface area contributed by atoms with Crippen molar-refractivity contribution in [3.05, 3.63) is 46.2 Å². The van der Waals surface area contributed by atoms with E-state index < -0.39 is 0 Å². The number of thiophene rings is 1. The number of methoxy groups -OCH3 is 2. The van der Waals surface area contributed by atoms with Gasteiger partial charge in [-0.1, -0.05) is 37.8 Å². The van der Waals surface area contributed by atoms with Crippen LogP contribution in [0.3, 0.4) is 0 Å². The Bertz CT molecular complexity index is 975. The summed E-state index contributed by atoms with van der Waals surface area (Å²) in [5, 5.41) is 2.03. The van der Waals surface area contributed by atoms with Gasteiger partial charge < -0.3 is 24.0 Å². The quantitative estimate of drug-likeness (QED) is 0.244. The molecule has 3 rings (SSSR count). The van der Waals surface area contributed by atoms with Crippen LogP contribution in [0.2, 0.25) is 0 Å². The molecular weight excluding hydrogens is 500 g/mol. The van der Waals surface area contributed by atoms with Gasteiger partial charge in [-0.05, 0) is 61.2 Å². The van der Waals surface area contributed by atoms with Gasteiger partial charge in [0.2, 0.25) is 11.8 Å². The maximum absolute atomic E-state index is 13.6. The van der Waals surface area contributed by atoms with Crippen LogP contribution < -0.4 is 9.47 Å². The number of benzene rings is 1. The van der Waals surface area contributed by atoms with Crippen LogP contribution in [0.4, 0.5) is 0 Å². The highest BCUT2D eigenvalue weighted by atomic mass is 32.1. The molecule has 1 aliphatic carbocycles. The lowest BCUT2D eigenvalue weighted by Gasteiger charge is -2.28. The van der Waals surface area contributed by atoms with Crippen LogP contribution in [0.15, 0.2) is 35.7 Å². The van der Waals surface area contributed by atoms with Crippen LogP contribution in [0.25, 0.3) is 0 Å². The lowest BCUT2D eigenvalue weighted by molar-refractivity contribution is -0.141. The zero-order chi connectivity index (χ0) is 27.2. The molecule has 2 amide bonds. The molecule has 0 N–H and O–H groups in total. The molecule has 0 aliphatic heterocycles. The number of carbonyl (C=O) groups excluding carboxylic acids is 2. The second-order valence-electron chi connectivity index (χ2n) is 9.89. The van der Waals surface area contributed by atoms with Gasteiger partial charge in [0.25, 0.3) is 0 Å². The number of ether oxygens (including phenoxy) is 3. The first-order chi connectivity index (χ1) is 18.5. The fourth-order valence-electron chi connectivity index (χ4n) is 5.02. The molecule has 0 radical (unpaired) electrons. The first-order valence-corrected chi connectivity index (χ1v) is 14.8. The molecule has 7 nitrogen and oxygen atoms in total. The van der Waals surface area contributed by atoms with E-state index in [0.29, 0.717) is 63.1 Å². The molecular formula is C30H44N2O5S. The van der Waals surface area contributed by atoms with Crippen molar-refractivity contribution < 1.29 is 23.8 Å². The Kier molecular flexibility index (Phi) is 12.9. The molecule has 0 spiro atoms. The minimum Gasteiger partial charge on any atom is -0.493 e. The van der Waals surface area contributed by atoms with Crippen LogP contribution in [0.5, 0.6) is 11.5 Å². The first kappa shape index (κ1) is 30.0. The topological polar surface area (TPSA) is 68.3 Å². The van der Waals surface area contributed by atoms with E-state index in [2.05, 4.69) is 0 Å². The summed E-state index contributed by atoms with van der Waals surface area (Å²) in [5.74, 6) is 2.06. The van der Waals surface area contributed by atoms with E-state index in [1.165, 1.54) is 25.7 Å². The van der Waals surface area contributed by atoms with E-state index >= 15 is 0 Å². The monoisotopic (exact) mass is 544 g/mol. The number of hydrogen-bond acceptors (Lipinski definition) is 6. The van der Waals surface area contributed by atoms with Gasteiger partial charge in [-0.25, -0.2) is 0 Å². The van der Waals surface area contributed by atoms with Gasteiger partial charge in [0.15, 0.2) is 11.5 Å². The van der Waals surface area contributed by atoms with Crippen molar-refractivity contribution in [2.45, 2.75) is 64.8 Å². The summed E-state index contributed by atoms with van der Waals surface area (Å²) in [6.45, 7) is 4.94. The summed E-state index contributed by atoms with van der Waals surface area (Å²) in [7, 11) is 3.24. The van der Waals surface area contributed by atoms with Gasteiger partial charge in [0.05, 0.1) is 27.3 Å². The molecule has 210 valence electrons. The van der Waals surface area contributed by atoms with Gasteiger partial charge in [-0.15, -0.1) is 11.3 Å². The van der Waals surface area contributed by atoms with Crippen LogP contribution in [-0.4, -0.2) is 68.7 Å². The predicted molar refractivity (Wildman–Crippen MR) is 152 cm³/mol. The van der Waals surface area contributed by atoms with Crippen molar-refractivity contribution in [3.63, 3.8) is 0 Å². The Morgan fingerprint density at radius 1 is 1.00 bits per heavy atom. The van der Waals surface area contributed by atoms with Crippen molar-refractivity contribution in [1.29, 1.82) is 0 Å². The second kappa shape index (κ2) is 16.4. The van der Waals surface area contributed by atoms with E-state index in [1.807, 2.05) is 47.5 Å². The standard InChI is InChI=1S/C30H44N2O5S/c1-4-37-19-8-17-31(29(33)15-13-24-9-5-6-10-24)23-30(34)32(22-26-11-7-20-38-26)18-16-25-12-14-27(35-2)28(21-25)36-3/h7,11-12,14,20-21,24H,4-6,8-10,13,15-19,22-23H2,1-3H3. The van der Waals surface area contributed by atoms with E-state index in [-0.39, 0.29) is 18.4 Å². The highest BCUT2D eigenvalue weighted by Gasteiger charge is 2.23. The normalized spacial score (nSPS) is 13.4. The SMILES string of the molecule is CCOCCCN(CC(=O)N(CCc1ccc(OC)c(OC)c1)Cc1cccs1)C(=O)CCC1CCCC1. The van der Waals surface area contributed by atoms with Crippen LogP contribution in [-0.2, 0) is 27.3 Å². The average molecular weight is 545 g/mol. The van der Waals surface area contributed by atoms with Crippen molar-refractivity contribution in [2.24, 2.45) is 5.92 Å². The molecule has 0 unspecified atom stereocenters. The van der Waals surface area contributed by atoms with Crippen molar-refractivity contribution in [2.75, 3.05) is 47.1 Å². The Hall–Kier alpha value is -2.58. The molecule has 1 aliphatic rings. The third-order valence-corrected chi connectivity index (χ3v) is 8.10. The van der Waals surface area contributed by atoms with Gasteiger partial charge >= 0.3 is 0 Å². The Labute approximate surface area is 232 Å². The van der Waals surface area contributed by atoms with Crippen LogP contribution >= 0.6 is 11.3 Å². The maximum Gasteiger partial charge on any atom is 0.242 e. The molecule has 8 heteroatoms. The lowest BCUT2D eigenvalue weighted by atomic mass is 10.0. The molecule has 0 saturated heterocycles.